The van der Waals surface area contributed by atoms with Crippen molar-refractivity contribution in [1.29, 1.82) is 0 Å². The topological polar surface area (TPSA) is 72.6 Å². The number of sulfonamides is 1. The van der Waals surface area contributed by atoms with Crippen LogP contribution in [0, 0.1) is 0 Å². The van der Waals surface area contributed by atoms with Crippen molar-refractivity contribution in [2.75, 3.05) is 13.1 Å². The second kappa shape index (κ2) is 5.77. The highest BCUT2D eigenvalue weighted by molar-refractivity contribution is 7.89. The van der Waals surface area contributed by atoms with Crippen LogP contribution >= 0.6 is 12.2 Å². The molecule has 1 heterocycles. The first-order chi connectivity index (χ1) is 9.32. The van der Waals surface area contributed by atoms with E-state index in [0.717, 1.165) is 0 Å². The molecule has 1 aliphatic heterocycles. The summed E-state index contributed by atoms with van der Waals surface area (Å²) in [7, 11) is -3.62. The number of hydrogen-bond acceptors (Lipinski definition) is 4. The van der Waals surface area contributed by atoms with Gasteiger partial charge in [0.2, 0.25) is 10.0 Å². The number of nitrogens with zero attached hydrogens (tertiary/aromatic N) is 1. The first kappa shape index (κ1) is 15.4. The minimum atomic E-state index is -3.62. The van der Waals surface area contributed by atoms with Crippen molar-refractivity contribution in [1.82, 2.24) is 4.31 Å². The van der Waals surface area contributed by atoms with Crippen molar-refractivity contribution in [2.24, 2.45) is 5.73 Å². The van der Waals surface area contributed by atoms with Crippen LogP contribution in [0.15, 0.2) is 29.2 Å². The number of nitrogens with two attached hydrogens (primary N) is 1. The lowest BCUT2D eigenvalue weighted by molar-refractivity contribution is -0.0440. The van der Waals surface area contributed by atoms with Crippen molar-refractivity contribution < 1.29 is 13.2 Å². The molecule has 0 bridgehead atoms. The van der Waals surface area contributed by atoms with Gasteiger partial charge in [-0.3, -0.25) is 0 Å². The maximum absolute atomic E-state index is 12.8. The highest BCUT2D eigenvalue weighted by Gasteiger charge is 2.33. The number of rotatable bonds is 3. The van der Waals surface area contributed by atoms with Gasteiger partial charge in [-0.05, 0) is 19.9 Å². The molecule has 0 aromatic heterocycles. The molecule has 2 N–H and O–H groups in total. The fraction of sp³-hybridized carbons (Fsp3) is 0.462. The average Bonchev–Trinajstić information content (AvgIpc) is 2.37. The molecule has 1 aromatic rings. The summed E-state index contributed by atoms with van der Waals surface area (Å²) in [6.07, 6.45) is -0.268. The zero-order valence-corrected chi connectivity index (χ0v) is 13.1. The smallest absolute Gasteiger partial charge is 0.243 e. The van der Waals surface area contributed by atoms with E-state index >= 15 is 0 Å². The van der Waals surface area contributed by atoms with Gasteiger partial charge in [0.25, 0.3) is 0 Å². The second-order valence-electron chi connectivity index (χ2n) is 4.94. The fourth-order valence-corrected chi connectivity index (χ4v) is 4.40. The van der Waals surface area contributed by atoms with E-state index in [4.69, 9.17) is 22.7 Å². The van der Waals surface area contributed by atoms with E-state index in [-0.39, 0.29) is 22.1 Å². The molecule has 20 heavy (non-hydrogen) atoms. The van der Waals surface area contributed by atoms with Gasteiger partial charge in [-0.25, -0.2) is 8.42 Å². The highest BCUT2D eigenvalue weighted by Crippen LogP contribution is 2.23. The number of benzene rings is 1. The van der Waals surface area contributed by atoms with Crippen LogP contribution < -0.4 is 5.73 Å². The molecule has 0 saturated carbocycles. The Hall–Kier alpha value is -1.02. The normalized spacial score (nSPS) is 24.5. The zero-order chi connectivity index (χ0) is 14.9. The molecule has 0 spiro atoms. The molecule has 0 unspecified atom stereocenters. The van der Waals surface area contributed by atoms with Crippen molar-refractivity contribution >= 4 is 27.2 Å². The Balaban J connectivity index is 2.43. The van der Waals surface area contributed by atoms with E-state index in [0.29, 0.717) is 18.7 Å². The molecule has 2 rings (SSSR count). The minimum Gasteiger partial charge on any atom is -0.389 e. The van der Waals surface area contributed by atoms with E-state index in [2.05, 4.69) is 0 Å². The molecule has 1 aliphatic rings. The monoisotopic (exact) mass is 314 g/mol. The minimum absolute atomic E-state index is 0.0820. The Labute approximate surface area is 124 Å². The van der Waals surface area contributed by atoms with Crippen molar-refractivity contribution in [3.63, 3.8) is 0 Å². The summed E-state index contributed by atoms with van der Waals surface area (Å²) in [5.74, 6) is 0. The molecule has 2 atom stereocenters. The van der Waals surface area contributed by atoms with Gasteiger partial charge < -0.3 is 10.5 Å². The van der Waals surface area contributed by atoms with Crippen LogP contribution in [0.3, 0.4) is 0 Å². The first-order valence-electron chi connectivity index (χ1n) is 6.37. The highest BCUT2D eigenvalue weighted by atomic mass is 32.2. The third-order valence-corrected chi connectivity index (χ3v) is 5.27. The molecule has 110 valence electrons. The van der Waals surface area contributed by atoms with E-state index in [1.807, 2.05) is 13.8 Å². The summed E-state index contributed by atoms with van der Waals surface area (Å²) in [5, 5.41) is 0. The third-order valence-electron chi connectivity index (χ3n) is 3.16. The second-order valence-corrected chi connectivity index (χ2v) is 7.29. The van der Waals surface area contributed by atoms with Gasteiger partial charge in [-0.15, -0.1) is 0 Å². The van der Waals surface area contributed by atoms with Gasteiger partial charge >= 0.3 is 0 Å². The molecule has 1 aromatic carbocycles. The molecule has 7 heteroatoms. The molecule has 0 aliphatic carbocycles. The van der Waals surface area contributed by atoms with Crippen LogP contribution in [-0.2, 0) is 14.8 Å². The van der Waals surface area contributed by atoms with Gasteiger partial charge in [0.05, 0.1) is 17.1 Å². The van der Waals surface area contributed by atoms with Gasteiger partial charge in [0, 0.05) is 18.7 Å². The summed E-state index contributed by atoms with van der Waals surface area (Å²) in [5.41, 5.74) is 6.00. The number of morpholine rings is 1. The van der Waals surface area contributed by atoms with Crippen molar-refractivity contribution in [3.8, 4) is 0 Å². The fourth-order valence-electron chi connectivity index (χ4n) is 2.36. The molecular weight excluding hydrogens is 296 g/mol. The summed E-state index contributed by atoms with van der Waals surface area (Å²) in [6.45, 7) is 4.38. The lowest BCUT2D eigenvalue weighted by Gasteiger charge is -2.34. The van der Waals surface area contributed by atoms with Crippen molar-refractivity contribution in [3.05, 3.63) is 29.8 Å². The van der Waals surface area contributed by atoms with Crippen LogP contribution in [0.4, 0.5) is 0 Å². The number of hydrogen-bond donors (Lipinski definition) is 1. The van der Waals surface area contributed by atoms with E-state index in [1.54, 1.807) is 18.2 Å². The summed E-state index contributed by atoms with van der Waals surface area (Å²) >= 11 is 4.94. The maximum Gasteiger partial charge on any atom is 0.243 e. The predicted octanol–water partition coefficient (Wildman–Crippen LogP) is 1.12. The average molecular weight is 314 g/mol. The van der Waals surface area contributed by atoms with Crippen LogP contribution in [-0.4, -0.2) is 43.0 Å². The Bertz CT molecular complexity index is 606. The summed E-state index contributed by atoms with van der Waals surface area (Å²) in [4.78, 5) is 0.243. The van der Waals surface area contributed by atoms with Crippen LogP contribution in [0.5, 0.6) is 0 Å². The molecule has 0 amide bonds. The maximum atomic E-state index is 12.8. The standard InChI is InChI=1S/C13H18N2O3S2/c1-9-7-15(8-10(2)18-9)20(16,17)12-6-4-3-5-11(12)13(14)19/h3-6,9-10H,7-8H2,1-2H3,(H2,14,19)/t9-,10+. The van der Waals surface area contributed by atoms with E-state index < -0.39 is 10.0 Å². The lowest BCUT2D eigenvalue weighted by atomic mass is 10.2. The number of thiocarbonyl (C=S) groups is 1. The molecular formula is C13H18N2O3S2. The molecule has 1 saturated heterocycles. The lowest BCUT2D eigenvalue weighted by Crippen LogP contribution is -2.48. The molecule has 5 nitrogen and oxygen atoms in total. The summed E-state index contributed by atoms with van der Waals surface area (Å²) in [6, 6.07) is 6.55. The largest absolute Gasteiger partial charge is 0.389 e. The molecule has 0 radical (unpaired) electrons. The quantitative estimate of drug-likeness (QED) is 0.847. The van der Waals surface area contributed by atoms with Gasteiger partial charge in [-0.2, -0.15) is 4.31 Å². The van der Waals surface area contributed by atoms with Crippen LogP contribution in [0.1, 0.15) is 19.4 Å². The Kier molecular flexibility index (Phi) is 4.43. The summed E-state index contributed by atoms with van der Waals surface area (Å²) < 4.78 is 32.5. The Morgan fingerprint density at radius 2 is 1.85 bits per heavy atom. The first-order valence-corrected chi connectivity index (χ1v) is 8.21. The van der Waals surface area contributed by atoms with E-state index in [9.17, 15) is 8.42 Å². The molecule has 1 fully saturated rings. The van der Waals surface area contributed by atoms with Crippen molar-refractivity contribution in [2.45, 2.75) is 31.0 Å². The van der Waals surface area contributed by atoms with E-state index in [1.165, 1.54) is 10.4 Å². The van der Waals surface area contributed by atoms with Crippen LogP contribution in [0.2, 0.25) is 0 Å². The zero-order valence-electron chi connectivity index (χ0n) is 11.4. The van der Waals surface area contributed by atoms with Gasteiger partial charge in [-0.1, -0.05) is 30.4 Å². The Morgan fingerprint density at radius 1 is 1.30 bits per heavy atom. The Morgan fingerprint density at radius 3 is 2.40 bits per heavy atom. The van der Waals surface area contributed by atoms with Gasteiger partial charge in [0.15, 0.2) is 0 Å². The SMILES string of the molecule is C[C@@H]1CN(S(=O)(=O)c2ccccc2C(N)=S)C[C@H](C)O1. The third kappa shape index (κ3) is 3.01. The number of ether oxygens (including phenoxy) is 1. The van der Waals surface area contributed by atoms with Gasteiger partial charge in [0.1, 0.15) is 4.99 Å². The van der Waals surface area contributed by atoms with Crippen LogP contribution in [0.25, 0.3) is 0 Å². The predicted molar refractivity (Wildman–Crippen MR) is 81.1 cm³/mol.